The molecule has 1 fully saturated rings. The second-order valence-corrected chi connectivity index (χ2v) is 8.67. The van der Waals surface area contributed by atoms with Crippen molar-refractivity contribution in [3.05, 3.63) is 51.0 Å². The van der Waals surface area contributed by atoms with Crippen LogP contribution < -0.4 is 22.3 Å². The second kappa shape index (κ2) is 9.39. The third-order valence-corrected chi connectivity index (χ3v) is 6.20. The Bertz CT molecular complexity index is 1370. The highest BCUT2D eigenvalue weighted by molar-refractivity contribution is 6.18. The van der Waals surface area contributed by atoms with Crippen LogP contribution in [0.25, 0.3) is 11.0 Å². The summed E-state index contributed by atoms with van der Waals surface area (Å²) in [6.45, 7) is 3.94. The number of furan rings is 1. The summed E-state index contributed by atoms with van der Waals surface area (Å²) in [5.74, 6) is 0.290. The Kier molecular flexibility index (Phi) is 6.36. The van der Waals surface area contributed by atoms with Gasteiger partial charge in [0.1, 0.15) is 23.4 Å². The average molecular weight is 462 g/mol. The van der Waals surface area contributed by atoms with Crippen molar-refractivity contribution in [3.8, 4) is 6.07 Å². The smallest absolute Gasteiger partial charge is 0.288 e. The van der Waals surface area contributed by atoms with E-state index in [9.17, 15) is 9.59 Å². The number of nitrogens with two attached hydrogens (primary N) is 2. The Labute approximate surface area is 196 Å². The zero-order valence-corrected chi connectivity index (χ0v) is 19.1. The van der Waals surface area contributed by atoms with E-state index in [4.69, 9.17) is 26.1 Å². The molecule has 0 aliphatic heterocycles. The Morgan fingerprint density at radius 3 is 2.74 bits per heavy atom. The summed E-state index contributed by atoms with van der Waals surface area (Å²) in [5, 5.41) is 18.7. The Morgan fingerprint density at radius 1 is 1.29 bits per heavy atom. The molecule has 176 valence electrons. The maximum absolute atomic E-state index is 12.3. The van der Waals surface area contributed by atoms with Crippen LogP contribution in [0.1, 0.15) is 54.6 Å². The van der Waals surface area contributed by atoms with Gasteiger partial charge in [-0.2, -0.15) is 10.4 Å². The van der Waals surface area contributed by atoms with Gasteiger partial charge in [0.05, 0.1) is 17.7 Å². The standard InChI is InChI=1S/C24H27N7O3/c1-12-3-8-17-16(11-12)13(2)22(34-17)21(19-20(26)24(33)31-30-23(19)27)29-15-6-4-14(5-7-15)28-18(32)9-10-25/h3,8,11,14-15H,4-7,9H2,1-2H3,(H,28,32)(H,31,33)(H4,26,27,30). The van der Waals surface area contributed by atoms with Crippen molar-refractivity contribution < 1.29 is 9.21 Å². The Balaban J connectivity index is 1.74. The van der Waals surface area contributed by atoms with Gasteiger partial charge in [0.25, 0.3) is 5.56 Å². The molecule has 0 atom stereocenters. The topological polar surface area (TPSA) is 176 Å². The van der Waals surface area contributed by atoms with Gasteiger partial charge in [-0.1, -0.05) is 11.6 Å². The van der Waals surface area contributed by atoms with Gasteiger partial charge in [0.2, 0.25) is 5.91 Å². The fourth-order valence-corrected chi connectivity index (χ4v) is 4.41. The number of H-pyrrole nitrogens is 1. The molecule has 10 heteroatoms. The maximum atomic E-state index is 12.3. The first-order valence-corrected chi connectivity index (χ1v) is 11.2. The maximum Gasteiger partial charge on any atom is 0.288 e. The number of nitrogen functional groups attached to an aromatic ring is 2. The molecule has 3 aromatic rings. The van der Waals surface area contributed by atoms with E-state index in [1.807, 2.05) is 38.1 Å². The van der Waals surface area contributed by atoms with E-state index >= 15 is 0 Å². The molecule has 2 aromatic heterocycles. The number of carbonyl (C=O) groups excluding carboxylic acids is 1. The van der Waals surface area contributed by atoms with Crippen LogP contribution >= 0.6 is 0 Å². The molecule has 0 unspecified atom stereocenters. The van der Waals surface area contributed by atoms with Crippen LogP contribution in [0.3, 0.4) is 0 Å². The summed E-state index contributed by atoms with van der Waals surface area (Å²) in [6.07, 6.45) is 2.69. The number of hydrogen-bond donors (Lipinski definition) is 4. The highest BCUT2D eigenvalue weighted by atomic mass is 16.3. The lowest BCUT2D eigenvalue weighted by atomic mass is 9.91. The minimum absolute atomic E-state index is 0.00281. The molecule has 0 radical (unpaired) electrons. The molecule has 4 rings (SSSR count). The van der Waals surface area contributed by atoms with E-state index in [2.05, 4.69) is 15.5 Å². The third kappa shape index (κ3) is 4.50. The molecule has 34 heavy (non-hydrogen) atoms. The Morgan fingerprint density at radius 2 is 2.03 bits per heavy atom. The molecule has 0 spiro atoms. The van der Waals surface area contributed by atoms with E-state index < -0.39 is 5.56 Å². The van der Waals surface area contributed by atoms with Crippen molar-refractivity contribution in [3.63, 3.8) is 0 Å². The van der Waals surface area contributed by atoms with Crippen molar-refractivity contribution in [1.82, 2.24) is 15.5 Å². The SMILES string of the molecule is Cc1ccc2oc(C(=NC3CCC(NC(=O)CC#N)CC3)c3c(N)n[nH]c(=O)c3N)c(C)c2c1. The fourth-order valence-electron chi connectivity index (χ4n) is 4.41. The summed E-state index contributed by atoms with van der Waals surface area (Å²) in [4.78, 5) is 29.0. The number of hydrogen-bond acceptors (Lipinski definition) is 8. The number of anilines is 2. The lowest BCUT2D eigenvalue weighted by Crippen LogP contribution is -2.38. The normalized spacial score (nSPS) is 18.6. The molecule has 6 N–H and O–H groups in total. The van der Waals surface area contributed by atoms with Crippen LogP contribution in [0.2, 0.25) is 0 Å². The van der Waals surface area contributed by atoms with E-state index in [0.717, 1.165) is 29.4 Å². The molecular weight excluding hydrogens is 434 g/mol. The number of carbonyl (C=O) groups is 1. The predicted molar refractivity (Wildman–Crippen MR) is 129 cm³/mol. The predicted octanol–water partition coefficient (Wildman–Crippen LogP) is 2.48. The van der Waals surface area contributed by atoms with Crippen LogP contribution in [0.4, 0.5) is 11.5 Å². The van der Waals surface area contributed by atoms with Gasteiger partial charge in [0.15, 0.2) is 11.6 Å². The van der Waals surface area contributed by atoms with Gasteiger partial charge in [-0.25, -0.2) is 5.10 Å². The summed E-state index contributed by atoms with van der Waals surface area (Å²) in [6, 6.07) is 7.67. The molecule has 0 saturated heterocycles. The summed E-state index contributed by atoms with van der Waals surface area (Å²) in [7, 11) is 0. The van der Waals surface area contributed by atoms with E-state index in [0.29, 0.717) is 29.9 Å². The van der Waals surface area contributed by atoms with Gasteiger partial charge in [-0.3, -0.25) is 14.6 Å². The molecular formula is C24H27N7O3. The zero-order valence-electron chi connectivity index (χ0n) is 19.1. The molecule has 2 heterocycles. The number of aromatic amines is 1. The number of nitriles is 1. The van der Waals surface area contributed by atoms with Gasteiger partial charge in [-0.05, 0) is 51.7 Å². The second-order valence-electron chi connectivity index (χ2n) is 8.67. The quantitative estimate of drug-likeness (QED) is 0.422. The number of benzene rings is 1. The van der Waals surface area contributed by atoms with E-state index in [-0.39, 0.29) is 41.5 Å². The van der Waals surface area contributed by atoms with Crippen LogP contribution in [-0.4, -0.2) is 33.9 Å². The lowest BCUT2D eigenvalue weighted by Gasteiger charge is -2.27. The number of aryl methyl sites for hydroxylation is 2. The van der Waals surface area contributed by atoms with Gasteiger partial charge >= 0.3 is 0 Å². The summed E-state index contributed by atoms with van der Waals surface area (Å²) >= 11 is 0. The highest BCUT2D eigenvalue weighted by Crippen LogP contribution is 2.32. The van der Waals surface area contributed by atoms with Gasteiger partial charge in [-0.15, -0.1) is 0 Å². The van der Waals surface area contributed by atoms with Crippen molar-refractivity contribution in [2.75, 3.05) is 11.5 Å². The monoisotopic (exact) mass is 461 g/mol. The first-order valence-electron chi connectivity index (χ1n) is 11.2. The number of aromatic nitrogens is 2. The third-order valence-electron chi connectivity index (χ3n) is 6.20. The Hall–Kier alpha value is -4.13. The number of amides is 1. The number of nitrogens with zero attached hydrogens (tertiary/aromatic N) is 3. The zero-order chi connectivity index (χ0) is 24.4. The van der Waals surface area contributed by atoms with Crippen LogP contribution in [-0.2, 0) is 4.79 Å². The van der Waals surface area contributed by atoms with Crippen molar-refractivity contribution in [2.45, 2.75) is 58.0 Å². The molecule has 1 saturated carbocycles. The molecule has 1 aliphatic carbocycles. The van der Waals surface area contributed by atoms with Crippen LogP contribution in [0.5, 0.6) is 0 Å². The molecule has 1 amide bonds. The van der Waals surface area contributed by atoms with Crippen LogP contribution in [0, 0.1) is 25.2 Å². The molecule has 1 aromatic carbocycles. The van der Waals surface area contributed by atoms with Gasteiger partial charge < -0.3 is 21.2 Å². The van der Waals surface area contributed by atoms with Crippen molar-refractivity contribution in [1.29, 1.82) is 5.26 Å². The number of nitrogens with one attached hydrogen (secondary N) is 2. The number of rotatable bonds is 5. The molecule has 0 bridgehead atoms. The van der Waals surface area contributed by atoms with Crippen LogP contribution in [0.15, 0.2) is 32.4 Å². The minimum atomic E-state index is -0.551. The van der Waals surface area contributed by atoms with Crippen molar-refractivity contribution >= 4 is 34.1 Å². The van der Waals surface area contributed by atoms with Gasteiger partial charge in [0, 0.05) is 17.0 Å². The molecule has 10 nitrogen and oxygen atoms in total. The highest BCUT2D eigenvalue weighted by Gasteiger charge is 2.27. The summed E-state index contributed by atoms with van der Waals surface area (Å²) < 4.78 is 6.19. The largest absolute Gasteiger partial charge is 0.454 e. The first kappa shape index (κ1) is 23.0. The fraction of sp³-hybridized carbons (Fsp3) is 0.375. The van der Waals surface area contributed by atoms with E-state index in [1.165, 1.54) is 0 Å². The molecule has 1 aliphatic rings. The summed E-state index contributed by atoms with van der Waals surface area (Å²) in [5.41, 5.74) is 15.0. The first-order chi connectivity index (χ1) is 16.3. The van der Waals surface area contributed by atoms with Crippen molar-refractivity contribution in [2.24, 2.45) is 4.99 Å². The minimum Gasteiger partial charge on any atom is -0.454 e. The van der Waals surface area contributed by atoms with E-state index in [1.54, 1.807) is 0 Å². The number of fused-ring (bicyclic) bond motifs is 1. The average Bonchev–Trinajstić information content (AvgIpc) is 3.13. The lowest BCUT2D eigenvalue weighted by molar-refractivity contribution is -0.121. The number of aliphatic imine (C=N–C) groups is 1.